The fourth-order valence-electron chi connectivity index (χ4n) is 1.42. The summed E-state index contributed by atoms with van der Waals surface area (Å²) in [4.78, 5) is 10.8. The van der Waals surface area contributed by atoms with Gasteiger partial charge in [-0.2, -0.15) is 0 Å². The van der Waals surface area contributed by atoms with Gasteiger partial charge >= 0.3 is 5.97 Å². The highest BCUT2D eigenvalue weighted by Gasteiger charge is 2.07. The predicted molar refractivity (Wildman–Crippen MR) is 65.7 cm³/mol. The van der Waals surface area contributed by atoms with E-state index in [-0.39, 0.29) is 30.8 Å². The number of rotatable bonds is 6. The summed E-state index contributed by atoms with van der Waals surface area (Å²) in [6.07, 6.45) is 0.747. The van der Waals surface area contributed by atoms with Crippen LogP contribution in [0.5, 0.6) is 5.75 Å². The average Bonchev–Trinajstić information content (AvgIpc) is 2.35. The van der Waals surface area contributed by atoms with Crippen LogP contribution in [0.25, 0.3) is 0 Å². The summed E-state index contributed by atoms with van der Waals surface area (Å²) in [6, 6.07) is 4.42. The Morgan fingerprint density at radius 2 is 2.22 bits per heavy atom. The average molecular weight is 255 g/mol. The molecule has 0 heterocycles. The monoisotopic (exact) mass is 255 g/mol. The molecule has 0 saturated carbocycles. The maximum Gasteiger partial charge on any atom is 0.305 e. The molecule has 0 aromatic heterocycles. The summed E-state index contributed by atoms with van der Waals surface area (Å²) in [5, 5.41) is 0. The molecule has 100 valence electrons. The van der Waals surface area contributed by atoms with E-state index < -0.39 is 5.82 Å². The van der Waals surface area contributed by atoms with Gasteiger partial charge < -0.3 is 15.2 Å². The van der Waals surface area contributed by atoms with Gasteiger partial charge in [0.1, 0.15) is 0 Å². The first-order valence-electron chi connectivity index (χ1n) is 5.79. The molecule has 1 rings (SSSR count). The van der Waals surface area contributed by atoms with E-state index in [1.165, 1.54) is 13.2 Å². The van der Waals surface area contributed by atoms with Crippen LogP contribution in [-0.4, -0.2) is 19.7 Å². The van der Waals surface area contributed by atoms with Crippen LogP contribution in [0, 0.1) is 5.82 Å². The van der Waals surface area contributed by atoms with Crippen LogP contribution in [-0.2, 0) is 9.53 Å². The minimum atomic E-state index is -0.442. The number of methoxy groups -OCH3 is 1. The standard InChI is InChI=1S/C13H18FNO3/c1-9(15)10-5-6-12(11(14)8-10)18-7-3-4-13(16)17-2/h5-6,8-9H,3-4,7,15H2,1-2H3/t9-/m0/s1. The molecular formula is C13H18FNO3. The minimum Gasteiger partial charge on any atom is -0.491 e. The Morgan fingerprint density at radius 3 is 2.78 bits per heavy atom. The van der Waals surface area contributed by atoms with Crippen LogP contribution in [0.3, 0.4) is 0 Å². The van der Waals surface area contributed by atoms with Crippen molar-refractivity contribution < 1.29 is 18.7 Å². The molecule has 1 atom stereocenters. The molecule has 0 radical (unpaired) electrons. The largest absolute Gasteiger partial charge is 0.491 e. The van der Waals surface area contributed by atoms with Gasteiger partial charge in [0.2, 0.25) is 0 Å². The Labute approximate surface area is 106 Å². The molecule has 0 amide bonds. The smallest absolute Gasteiger partial charge is 0.305 e. The zero-order chi connectivity index (χ0) is 13.5. The molecule has 4 nitrogen and oxygen atoms in total. The van der Waals surface area contributed by atoms with Gasteiger partial charge in [-0.15, -0.1) is 0 Å². The maximum atomic E-state index is 13.6. The van der Waals surface area contributed by atoms with Crippen LogP contribution in [0.4, 0.5) is 4.39 Å². The number of halogens is 1. The fourth-order valence-corrected chi connectivity index (χ4v) is 1.42. The molecule has 0 bridgehead atoms. The second-order valence-corrected chi connectivity index (χ2v) is 4.01. The Bertz CT molecular complexity index is 407. The van der Waals surface area contributed by atoms with Gasteiger partial charge in [0.25, 0.3) is 0 Å². The number of esters is 1. The fraction of sp³-hybridized carbons (Fsp3) is 0.462. The highest BCUT2D eigenvalue weighted by molar-refractivity contribution is 5.69. The molecule has 0 aliphatic heterocycles. The molecule has 1 aromatic carbocycles. The topological polar surface area (TPSA) is 61.5 Å². The Morgan fingerprint density at radius 1 is 1.50 bits per heavy atom. The normalized spacial score (nSPS) is 12.0. The minimum absolute atomic E-state index is 0.171. The number of hydrogen-bond donors (Lipinski definition) is 1. The number of hydrogen-bond acceptors (Lipinski definition) is 4. The van der Waals surface area contributed by atoms with Gasteiger partial charge in [-0.25, -0.2) is 4.39 Å². The molecule has 1 aromatic rings. The van der Waals surface area contributed by atoms with Crippen LogP contribution in [0.15, 0.2) is 18.2 Å². The van der Waals surface area contributed by atoms with Gasteiger partial charge in [0.15, 0.2) is 11.6 Å². The Kier molecular flexibility index (Phi) is 5.58. The number of carbonyl (C=O) groups excluding carboxylic acids is 1. The van der Waals surface area contributed by atoms with E-state index in [1.54, 1.807) is 19.1 Å². The summed E-state index contributed by atoms with van der Waals surface area (Å²) in [7, 11) is 1.33. The first kappa shape index (κ1) is 14.4. The molecule has 0 fully saturated rings. The SMILES string of the molecule is COC(=O)CCCOc1ccc([C@H](C)N)cc1F. The molecule has 0 unspecified atom stereocenters. The molecular weight excluding hydrogens is 237 g/mol. The molecule has 0 spiro atoms. The second-order valence-electron chi connectivity index (χ2n) is 4.01. The number of carbonyl (C=O) groups is 1. The molecule has 0 aliphatic carbocycles. The summed E-state index contributed by atoms with van der Waals surface area (Å²) in [5.41, 5.74) is 6.36. The Hall–Kier alpha value is -1.62. The van der Waals surface area contributed by atoms with Crippen molar-refractivity contribution in [2.75, 3.05) is 13.7 Å². The van der Waals surface area contributed by atoms with Gasteiger partial charge in [-0.3, -0.25) is 4.79 Å². The zero-order valence-corrected chi connectivity index (χ0v) is 10.6. The van der Waals surface area contributed by atoms with Gasteiger partial charge in [-0.05, 0) is 31.0 Å². The molecule has 5 heteroatoms. The third-order valence-electron chi connectivity index (χ3n) is 2.49. The lowest BCUT2D eigenvalue weighted by atomic mass is 10.1. The first-order valence-corrected chi connectivity index (χ1v) is 5.79. The van der Waals surface area contributed by atoms with E-state index >= 15 is 0 Å². The van der Waals surface area contributed by atoms with Crippen molar-refractivity contribution in [1.82, 2.24) is 0 Å². The summed E-state index contributed by atoms with van der Waals surface area (Å²) in [6.45, 7) is 2.05. The number of benzene rings is 1. The first-order chi connectivity index (χ1) is 8.54. The molecule has 0 saturated heterocycles. The summed E-state index contributed by atoms with van der Waals surface area (Å²) >= 11 is 0. The predicted octanol–water partition coefficient (Wildman–Crippen LogP) is 2.18. The second kappa shape index (κ2) is 6.96. The van der Waals surface area contributed by atoms with Crippen molar-refractivity contribution in [3.8, 4) is 5.75 Å². The van der Waals surface area contributed by atoms with E-state index in [9.17, 15) is 9.18 Å². The maximum absolute atomic E-state index is 13.6. The lowest BCUT2D eigenvalue weighted by molar-refractivity contribution is -0.140. The molecule has 18 heavy (non-hydrogen) atoms. The van der Waals surface area contributed by atoms with Crippen molar-refractivity contribution in [2.45, 2.75) is 25.8 Å². The van der Waals surface area contributed by atoms with Crippen LogP contribution in [0.2, 0.25) is 0 Å². The third-order valence-corrected chi connectivity index (χ3v) is 2.49. The van der Waals surface area contributed by atoms with Crippen molar-refractivity contribution in [3.05, 3.63) is 29.6 Å². The zero-order valence-electron chi connectivity index (χ0n) is 10.6. The Balaban J connectivity index is 2.45. The van der Waals surface area contributed by atoms with Crippen molar-refractivity contribution in [3.63, 3.8) is 0 Å². The highest BCUT2D eigenvalue weighted by Crippen LogP contribution is 2.21. The lowest BCUT2D eigenvalue weighted by Crippen LogP contribution is -2.07. The van der Waals surface area contributed by atoms with Crippen molar-refractivity contribution in [1.29, 1.82) is 0 Å². The lowest BCUT2D eigenvalue weighted by Gasteiger charge is -2.10. The van der Waals surface area contributed by atoms with Crippen molar-refractivity contribution >= 4 is 5.97 Å². The van der Waals surface area contributed by atoms with E-state index in [1.807, 2.05) is 0 Å². The molecule has 2 N–H and O–H groups in total. The van der Waals surface area contributed by atoms with Gasteiger partial charge in [0.05, 0.1) is 13.7 Å². The van der Waals surface area contributed by atoms with Crippen LogP contribution in [0.1, 0.15) is 31.4 Å². The third kappa shape index (κ3) is 4.33. The van der Waals surface area contributed by atoms with E-state index in [0.717, 1.165) is 5.56 Å². The van der Waals surface area contributed by atoms with Crippen LogP contribution < -0.4 is 10.5 Å². The number of ether oxygens (including phenoxy) is 2. The van der Waals surface area contributed by atoms with E-state index in [2.05, 4.69) is 4.74 Å². The van der Waals surface area contributed by atoms with Crippen LogP contribution >= 0.6 is 0 Å². The number of nitrogens with two attached hydrogens (primary N) is 1. The molecule has 0 aliphatic rings. The van der Waals surface area contributed by atoms with E-state index in [0.29, 0.717) is 6.42 Å². The quantitative estimate of drug-likeness (QED) is 0.625. The van der Waals surface area contributed by atoms with Crippen molar-refractivity contribution in [2.24, 2.45) is 5.73 Å². The summed E-state index contributed by atoms with van der Waals surface area (Å²) in [5.74, 6) is -0.571. The highest BCUT2D eigenvalue weighted by atomic mass is 19.1. The van der Waals surface area contributed by atoms with Gasteiger partial charge in [0, 0.05) is 12.5 Å². The summed E-state index contributed by atoms with van der Waals surface area (Å²) < 4.78 is 23.3. The van der Waals surface area contributed by atoms with Gasteiger partial charge in [-0.1, -0.05) is 6.07 Å². The van der Waals surface area contributed by atoms with E-state index in [4.69, 9.17) is 10.5 Å².